The van der Waals surface area contributed by atoms with Crippen LogP contribution in [0.2, 0.25) is 0 Å². The van der Waals surface area contributed by atoms with Crippen LogP contribution in [0.3, 0.4) is 0 Å². The van der Waals surface area contributed by atoms with Crippen molar-refractivity contribution < 1.29 is 38.2 Å². The molecule has 8 nitrogen and oxygen atoms in total. The van der Waals surface area contributed by atoms with Crippen LogP contribution in [-0.2, 0) is 28.6 Å². The molecule has 0 spiro atoms. The molecule has 0 aliphatic rings. The van der Waals surface area contributed by atoms with Crippen molar-refractivity contribution in [2.45, 2.75) is 206 Å². The number of ether oxygens (including phenoxy) is 3. The highest BCUT2D eigenvalue weighted by Gasteiger charge is 2.31. The number of hydrogen-bond acceptors (Lipinski definition) is 6. The van der Waals surface area contributed by atoms with E-state index in [1.165, 1.54) is 89.9 Å². The summed E-state index contributed by atoms with van der Waals surface area (Å²) in [7, 11) is 5.52. The minimum Gasteiger partial charge on any atom is -0.477 e. The lowest BCUT2D eigenvalue weighted by atomic mass is 10.1. The maximum Gasteiger partial charge on any atom is 0.362 e. The van der Waals surface area contributed by atoms with Crippen molar-refractivity contribution in [3.63, 3.8) is 0 Å². The van der Waals surface area contributed by atoms with E-state index in [-0.39, 0.29) is 36.2 Å². The number of carboxylic acids is 1. The number of allylic oxidation sites excluding steroid dienone is 10. The number of unbranched alkanes of at least 4 members (excludes halogenated alkanes) is 19. The number of aliphatic carboxylic acids is 1. The SMILES string of the molecule is CC/C=C/C/C=C/C/C=C/CCCCCCCCC(=O)OCC(COCCC(C(=O)O)[N+](C)(C)C)OC(=O)CCCCCCCCCCCC/C=C/C=C/CCCCC. The van der Waals surface area contributed by atoms with E-state index in [0.717, 1.165) is 70.6 Å². The summed E-state index contributed by atoms with van der Waals surface area (Å²) in [6, 6.07) is -0.619. The fourth-order valence-electron chi connectivity index (χ4n) is 6.74. The van der Waals surface area contributed by atoms with Crippen LogP contribution >= 0.6 is 0 Å². The van der Waals surface area contributed by atoms with Crippen LogP contribution in [0.1, 0.15) is 194 Å². The number of carbonyl (C=O) groups excluding carboxylic acids is 2. The molecule has 0 aromatic heterocycles. The molecule has 0 amide bonds. The molecular formula is C51H90NO7+. The van der Waals surface area contributed by atoms with Gasteiger partial charge >= 0.3 is 17.9 Å². The Morgan fingerprint density at radius 2 is 1.00 bits per heavy atom. The average molecular weight is 829 g/mol. The smallest absolute Gasteiger partial charge is 0.362 e. The third-order valence-electron chi connectivity index (χ3n) is 10.4. The molecule has 0 bridgehead atoms. The largest absolute Gasteiger partial charge is 0.477 e. The number of esters is 2. The summed E-state index contributed by atoms with van der Waals surface area (Å²) in [5, 5.41) is 9.64. The summed E-state index contributed by atoms with van der Waals surface area (Å²) in [6.45, 7) is 4.59. The average Bonchev–Trinajstić information content (AvgIpc) is 3.19. The Kier molecular flexibility index (Phi) is 39.6. The first kappa shape index (κ1) is 56.0. The first-order valence-electron chi connectivity index (χ1n) is 23.8. The summed E-state index contributed by atoms with van der Waals surface area (Å²) < 4.78 is 17.3. The zero-order chi connectivity index (χ0) is 43.5. The number of carboxylic acid groups (broad SMARTS) is 1. The molecule has 0 saturated heterocycles. The van der Waals surface area contributed by atoms with Crippen molar-refractivity contribution in [3.8, 4) is 0 Å². The van der Waals surface area contributed by atoms with Gasteiger partial charge in [-0.15, -0.1) is 0 Å². The lowest BCUT2D eigenvalue weighted by Gasteiger charge is -2.31. The summed E-state index contributed by atoms with van der Waals surface area (Å²) in [6.07, 6.45) is 51.1. The van der Waals surface area contributed by atoms with Crippen LogP contribution in [-0.4, -0.2) is 80.6 Å². The highest BCUT2D eigenvalue weighted by molar-refractivity contribution is 5.72. The van der Waals surface area contributed by atoms with Crippen molar-refractivity contribution in [2.24, 2.45) is 0 Å². The van der Waals surface area contributed by atoms with E-state index in [1.807, 2.05) is 21.1 Å². The Labute approximate surface area is 362 Å². The molecule has 0 aliphatic carbocycles. The van der Waals surface area contributed by atoms with Crippen molar-refractivity contribution in [3.05, 3.63) is 60.8 Å². The number of hydrogen-bond donors (Lipinski definition) is 1. The van der Waals surface area contributed by atoms with Gasteiger partial charge in [0.05, 0.1) is 34.4 Å². The maximum atomic E-state index is 12.8. The zero-order valence-corrected chi connectivity index (χ0v) is 38.7. The van der Waals surface area contributed by atoms with Crippen LogP contribution < -0.4 is 0 Å². The predicted molar refractivity (Wildman–Crippen MR) is 247 cm³/mol. The first-order chi connectivity index (χ1) is 28.6. The zero-order valence-electron chi connectivity index (χ0n) is 38.7. The molecule has 0 fully saturated rings. The van der Waals surface area contributed by atoms with E-state index in [4.69, 9.17) is 14.2 Å². The molecule has 2 unspecified atom stereocenters. The summed E-state index contributed by atoms with van der Waals surface area (Å²) in [5.41, 5.74) is 0. The fourth-order valence-corrected chi connectivity index (χ4v) is 6.74. The molecule has 0 aromatic carbocycles. The van der Waals surface area contributed by atoms with Gasteiger partial charge in [-0.1, -0.05) is 164 Å². The van der Waals surface area contributed by atoms with Gasteiger partial charge in [0.2, 0.25) is 0 Å². The van der Waals surface area contributed by atoms with Crippen LogP contribution in [0.5, 0.6) is 0 Å². The standard InChI is InChI=1S/C51H89NO7/c1-6-8-10-12-14-16-18-20-22-24-25-26-28-30-32-34-36-38-40-42-50(54)59-47(45-57-44-43-48(51(55)56)52(3,4)5)46-58-49(53)41-39-37-35-33-31-29-27-23-21-19-17-15-13-11-9-7-2/h9,11,14-18,20-21,23,47-48H,6-8,10,12-13,19,22,24-46H2,1-5H3/p+1/b11-9+,16-14+,17-15+,20-18+,23-21+. The molecule has 8 heteroatoms. The number of quaternary nitrogens is 1. The van der Waals surface area contributed by atoms with Crippen molar-refractivity contribution in [2.75, 3.05) is 41.0 Å². The van der Waals surface area contributed by atoms with E-state index in [0.29, 0.717) is 19.3 Å². The van der Waals surface area contributed by atoms with Crippen molar-refractivity contribution >= 4 is 17.9 Å². The van der Waals surface area contributed by atoms with E-state index in [2.05, 4.69) is 74.6 Å². The number of likely N-dealkylation sites (N-methyl/N-ethyl adjacent to an activating group) is 1. The van der Waals surface area contributed by atoms with Gasteiger partial charge in [-0.3, -0.25) is 9.59 Å². The second-order valence-electron chi connectivity index (χ2n) is 17.0. The lowest BCUT2D eigenvalue weighted by molar-refractivity contribution is -0.887. The number of rotatable bonds is 42. The Bertz CT molecular complexity index is 1150. The molecule has 2 atom stereocenters. The molecule has 0 saturated carbocycles. The van der Waals surface area contributed by atoms with E-state index in [9.17, 15) is 19.5 Å². The van der Waals surface area contributed by atoms with E-state index < -0.39 is 18.1 Å². The molecule has 0 aromatic rings. The lowest BCUT2D eigenvalue weighted by Crippen LogP contribution is -2.50. The molecule has 0 aliphatic heterocycles. The second-order valence-corrected chi connectivity index (χ2v) is 17.0. The van der Waals surface area contributed by atoms with Crippen LogP contribution in [0.4, 0.5) is 0 Å². The van der Waals surface area contributed by atoms with Gasteiger partial charge in [0.25, 0.3) is 0 Å². The van der Waals surface area contributed by atoms with Gasteiger partial charge in [0, 0.05) is 19.3 Å². The van der Waals surface area contributed by atoms with Crippen molar-refractivity contribution in [1.82, 2.24) is 0 Å². The Morgan fingerprint density at radius 1 is 0.542 bits per heavy atom. The van der Waals surface area contributed by atoms with Gasteiger partial charge in [0.15, 0.2) is 12.1 Å². The van der Waals surface area contributed by atoms with Gasteiger partial charge < -0.3 is 23.8 Å². The molecule has 0 heterocycles. The molecule has 59 heavy (non-hydrogen) atoms. The third-order valence-corrected chi connectivity index (χ3v) is 10.4. The second kappa shape index (κ2) is 41.8. The fraction of sp³-hybridized carbons (Fsp3) is 0.745. The van der Waals surface area contributed by atoms with Crippen LogP contribution in [0, 0.1) is 0 Å². The molecular weight excluding hydrogens is 739 g/mol. The van der Waals surface area contributed by atoms with Gasteiger partial charge in [-0.05, 0) is 70.6 Å². The number of nitrogens with zero attached hydrogens (tertiary/aromatic N) is 1. The quantitative estimate of drug-likeness (QED) is 0.0215. The maximum absolute atomic E-state index is 12.8. The summed E-state index contributed by atoms with van der Waals surface area (Å²) >= 11 is 0. The monoisotopic (exact) mass is 829 g/mol. The molecule has 0 rings (SSSR count). The van der Waals surface area contributed by atoms with Gasteiger partial charge in [0.1, 0.15) is 6.61 Å². The topological polar surface area (TPSA) is 99.1 Å². The van der Waals surface area contributed by atoms with Crippen molar-refractivity contribution in [1.29, 1.82) is 0 Å². The summed E-state index contributed by atoms with van der Waals surface area (Å²) in [5.74, 6) is -1.49. The number of carbonyl (C=O) groups is 3. The normalized spacial score (nSPS) is 13.4. The molecule has 0 radical (unpaired) electrons. The predicted octanol–water partition coefficient (Wildman–Crippen LogP) is 13.4. The van der Waals surface area contributed by atoms with Crippen LogP contribution in [0.25, 0.3) is 0 Å². The van der Waals surface area contributed by atoms with E-state index in [1.54, 1.807) is 0 Å². The van der Waals surface area contributed by atoms with Gasteiger partial charge in [-0.2, -0.15) is 0 Å². The Morgan fingerprint density at radius 3 is 1.51 bits per heavy atom. The highest BCUT2D eigenvalue weighted by atomic mass is 16.6. The Hall–Kier alpha value is -2.97. The van der Waals surface area contributed by atoms with Crippen LogP contribution in [0.15, 0.2) is 60.8 Å². The highest BCUT2D eigenvalue weighted by Crippen LogP contribution is 2.15. The molecule has 1 N–H and O–H groups in total. The minimum atomic E-state index is -0.879. The minimum absolute atomic E-state index is 0.0538. The van der Waals surface area contributed by atoms with E-state index >= 15 is 0 Å². The molecule has 340 valence electrons. The summed E-state index contributed by atoms with van der Waals surface area (Å²) in [4.78, 5) is 37.1. The third kappa shape index (κ3) is 40.2. The Balaban J connectivity index is 4.31. The van der Waals surface area contributed by atoms with Gasteiger partial charge in [-0.25, -0.2) is 4.79 Å². The first-order valence-corrected chi connectivity index (χ1v) is 23.8.